The van der Waals surface area contributed by atoms with E-state index in [9.17, 15) is 4.39 Å². The number of rotatable bonds is 8. The first-order chi connectivity index (χ1) is 14.8. The van der Waals surface area contributed by atoms with E-state index in [0.29, 0.717) is 12.1 Å². The van der Waals surface area contributed by atoms with Gasteiger partial charge in [-0.3, -0.25) is 4.99 Å². The number of anilines is 2. The highest BCUT2D eigenvalue weighted by atomic mass is 19.1. The topological polar surface area (TPSA) is 53.4 Å². The molecule has 0 bridgehead atoms. The van der Waals surface area contributed by atoms with Crippen molar-refractivity contribution in [3.63, 3.8) is 0 Å². The molecule has 31 heavy (non-hydrogen) atoms. The van der Waals surface area contributed by atoms with Crippen molar-refractivity contribution in [1.29, 1.82) is 0 Å². The van der Waals surface area contributed by atoms with E-state index in [1.807, 2.05) is 68.4 Å². The first kappa shape index (κ1) is 22.2. The quantitative estimate of drug-likeness (QED) is 0.480. The third-order valence-corrected chi connectivity index (χ3v) is 4.85. The second-order valence-electron chi connectivity index (χ2n) is 7.71. The van der Waals surface area contributed by atoms with Crippen molar-refractivity contribution in [1.82, 2.24) is 10.2 Å². The van der Waals surface area contributed by atoms with Crippen LogP contribution < -0.4 is 10.2 Å². The van der Waals surface area contributed by atoms with Crippen LogP contribution >= 0.6 is 0 Å². The standard InChI is InChI=1S/C25H28FN5/c1-17(26)13-20-7-6-8-22(14-20)29-19(3)24-15-23(31(4)5)9-10-25(24)30-18(2)21-11-12-27-28-16-21/h6-12,14-17,29H,3,13H2,1-2,4-5H3/b30-18+. The van der Waals surface area contributed by atoms with Gasteiger partial charge in [0.25, 0.3) is 0 Å². The second kappa shape index (κ2) is 9.98. The van der Waals surface area contributed by atoms with Gasteiger partial charge < -0.3 is 10.2 Å². The molecule has 1 N–H and O–H groups in total. The summed E-state index contributed by atoms with van der Waals surface area (Å²) >= 11 is 0. The highest BCUT2D eigenvalue weighted by molar-refractivity contribution is 6.00. The van der Waals surface area contributed by atoms with Crippen LogP contribution in [0.25, 0.3) is 5.70 Å². The molecule has 1 atom stereocenters. The van der Waals surface area contributed by atoms with Crippen LogP contribution in [0.5, 0.6) is 0 Å². The molecule has 0 saturated carbocycles. The average Bonchev–Trinajstić information content (AvgIpc) is 2.74. The van der Waals surface area contributed by atoms with Gasteiger partial charge in [0.15, 0.2) is 0 Å². The van der Waals surface area contributed by atoms with E-state index < -0.39 is 6.17 Å². The number of halogens is 1. The molecule has 5 nitrogen and oxygen atoms in total. The second-order valence-corrected chi connectivity index (χ2v) is 7.71. The van der Waals surface area contributed by atoms with Crippen LogP contribution in [0.4, 0.5) is 21.5 Å². The lowest BCUT2D eigenvalue weighted by atomic mass is 10.1. The van der Waals surface area contributed by atoms with E-state index in [2.05, 4.69) is 28.2 Å². The summed E-state index contributed by atoms with van der Waals surface area (Å²) in [6, 6.07) is 15.7. The molecule has 0 aliphatic heterocycles. The summed E-state index contributed by atoms with van der Waals surface area (Å²) in [6.07, 6.45) is 2.84. The molecule has 2 aromatic carbocycles. The molecule has 3 rings (SSSR count). The number of benzene rings is 2. The number of aliphatic imine (C=N–C) groups is 1. The van der Waals surface area contributed by atoms with Crippen LogP contribution in [0.2, 0.25) is 0 Å². The number of hydrogen-bond donors (Lipinski definition) is 1. The third-order valence-electron chi connectivity index (χ3n) is 4.85. The monoisotopic (exact) mass is 417 g/mol. The number of nitrogens with zero attached hydrogens (tertiary/aromatic N) is 4. The molecule has 0 aliphatic rings. The fraction of sp³-hybridized carbons (Fsp3) is 0.240. The minimum absolute atomic E-state index is 0.382. The lowest BCUT2D eigenvalue weighted by molar-refractivity contribution is 0.360. The van der Waals surface area contributed by atoms with Gasteiger partial charge in [-0.25, -0.2) is 4.39 Å². The van der Waals surface area contributed by atoms with Crippen LogP contribution in [0.1, 0.15) is 30.5 Å². The first-order valence-corrected chi connectivity index (χ1v) is 10.2. The lowest BCUT2D eigenvalue weighted by Crippen LogP contribution is -2.09. The fourth-order valence-electron chi connectivity index (χ4n) is 3.23. The molecule has 1 heterocycles. The van der Waals surface area contributed by atoms with Crippen molar-refractivity contribution >= 4 is 28.5 Å². The third kappa shape index (κ3) is 5.98. The maximum Gasteiger partial charge on any atom is 0.101 e. The van der Waals surface area contributed by atoms with E-state index >= 15 is 0 Å². The average molecular weight is 418 g/mol. The van der Waals surface area contributed by atoms with Gasteiger partial charge in [0.05, 0.1) is 18.1 Å². The van der Waals surface area contributed by atoms with Crippen molar-refractivity contribution in [2.75, 3.05) is 24.3 Å². The number of aromatic nitrogens is 2. The summed E-state index contributed by atoms with van der Waals surface area (Å²) in [6.45, 7) is 7.77. The van der Waals surface area contributed by atoms with Gasteiger partial charge in [0.2, 0.25) is 0 Å². The smallest absolute Gasteiger partial charge is 0.101 e. The lowest BCUT2D eigenvalue weighted by Gasteiger charge is -2.18. The minimum Gasteiger partial charge on any atom is -0.378 e. The Morgan fingerprint density at radius 2 is 1.97 bits per heavy atom. The number of alkyl halides is 1. The van der Waals surface area contributed by atoms with Gasteiger partial charge >= 0.3 is 0 Å². The summed E-state index contributed by atoms with van der Waals surface area (Å²) in [4.78, 5) is 6.86. The largest absolute Gasteiger partial charge is 0.378 e. The van der Waals surface area contributed by atoms with Gasteiger partial charge in [-0.05, 0) is 55.8 Å². The number of nitrogens with one attached hydrogen (secondary N) is 1. The molecular weight excluding hydrogens is 389 g/mol. The zero-order valence-corrected chi connectivity index (χ0v) is 18.4. The highest BCUT2D eigenvalue weighted by Crippen LogP contribution is 2.31. The summed E-state index contributed by atoms with van der Waals surface area (Å²) in [7, 11) is 3.99. The SMILES string of the molecule is C=C(Nc1cccc(CC(C)F)c1)c1cc(N(C)C)ccc1/N=C(\C)c1ccnnc1. The van der Waals surface area contributed by atoms with Crippen LogP contribution in [0.3, 0.4) is 0 Å². The van der Waals surface area contributed by atoms with E-state index in [4.69, 9.17) is 4.99 Å². The molecular formula is C25H28FN5. The van der Waals surface area contributed by atoms with Crippen LogP contribution in [-0.4, -0.2) is 36.2 Å². The van der Waals surface area contributed by atoms with Crippen molar-refractivity contribution in [2.45, 2.75) is 26.4 Å². The zero-order valence-electron chi connectivity index (χ0n) is 18.4. The maximum atomic E-state index is 13.4. The molecule has 1 aromatic heterocycles. The Hall–Kier alpha value is -3.54. The molecule has 6 heteroatoms. The van der Waals surface area contributed by atoms with Gasteiger partial charge in [0.1, 0.15) is 6.17 Å². The van der Waals surface area contributed by atoms with Gasteiger partial charge in [-0.2, -0.15) is 10.2 Å². The molecule has 0 spiro atoms. The number of hydrogen-bond acceptors (Lipinski definition) is 5. The molecule has 0 saturated heterocycles. The summed E-state index contributed by atoms with van der Waals surface area (Å²) in [5.74, 6) is 0. The molecule has 0 fully saturated rings. The Morgan fingerprint density at radius 3 is 2.65 bits per heavy atom. The summed E-state index contributed by atoms with van der Waals surface area (Å²) in [5.41, 5.74) is 6.98. The zero-order chi connectivity index (χ0) is 22.4. The Bertz CT molecular complexity index is 1070. The normalized spacial score (nSPS) is 12.4. The minimum atomic E-state index is -0.887. The maximum absolute atomic E-state index is 13.4. The van der Waals surface area contributed by atoms with Gasteiger partial charge in [0, 0.05) is 54.4 Å². The molecule has 1 unspecified atom stereocenters. The Kier molecular flexibility index (Phi) is 7.13. The van der Waals surface area contributed by atoms with Crippen molar-refractivity contribution in [2.24, 2.45) is 4.99 Å². The van der Waals surface area contributed by atoms with Crippen LogP contribution in [0.15, 0.2) is 72.5 Å². The molecule has 0 aliphatic carbocycles. The summed E-state index contributed by atoms with van der Waals surface area (Å²) in [5, 5.41) is 11.1. The Balaban J connectivity index is 1.94. The van der Waals surface area contributed by atoms with Crippen molar-refractivity contribution in [3.8, 4) is 0 Å². The molecule has 0 amide bonds. The van der Waals surface area contributed by atoms with Crippen molar-refractivity contribution in [3.05, 3.63) is 84.2 Å². The molecule has 3 aromatic rings. The fourth-order valence-corrected chi connectivity index (χ4v) is 3.23. The Morgan fingerprint density at radius 1 is 1.16 bits per heavy atom. The molecule has 160 valence electrons. The van der Waals surface area contributed by atoms with Crippen molar-refractivity contribution < 1.29 is 4.39 Å². The van der Waals surface area contributed by atoms with Gasteiger partial charge in [-0.1, -0.05) is 18.7 Å². The van der Waals surface area contributed by atoms with Crippen LogP contribution in [0, 0.1) is 0 Å². The highest BCUT2D eigenvalue weighted by Gasteiger charge is 2.11. The van der Waals surface area contributed by atoms with E-state index in [0.717, 1.165) is 39.5 Å². The molecule has 0 radical (unpaired) electrons. The predicted molar refractivity (Wildman–Crippen MR) is 128 cm³/mol. The Labute approximate surface area is 183 Å². The summed E-state index contributed by atoms with van der Waals surface area (Å²) < 4.78 is 13.4. The van der Waals surface area contributed by atoms with E-state index in [-0.39, 0.29) is 0 Å². The van der Waals surface area contributed by atoms with E-state index in [1.165, 1.54) is 0 Å². The first-order valence-electron chi connectivity index (χ1n) is 10.2. The van der Waals surface area contributed by atoms with Crippen LogP contribution in [-0.2, 0) is 6.42 Å². The predicted octanol–water partition coefficient (Wildman–Crippen LogP) is 5.67. The van der Waals surface area contributed by atoms with E-state index in [1.54, 1.807) is 19.3 Å². The van der Waals surface area contributed by atoms with Gasteiger partial charge in [-0.15, -0.1) is 0 Å².